The average Bonchev–Trinajstić information content (AvgIpc) is 2.08. The van der Waals surface area contributed by atoms with Gasteiger partial charge in [0, 0.05) is 0 Å². The van der Waals surface area contributed by atoms with Gasteiger partial charge in [-0.25, -0.2) is 0 Å². The summed E-state index contributed by atoms with van der Waals surface area (Å²) in [5, 5.41) is 13.7. The van der Waals surface area contributed by atoms with E-state index in [9.17, 15) is 0 Å². The number of nitrogens with two attached hydrogens (primary N) is 4. The number of hydrogen-bond donors (Lipinski definition) is 6. The third kappa shape index (κ3) is 9.48. The molecule has 0 heterocycles. The zero-order valence-corrected chi connectivity index (χ0v) is 7.25. The third-order valence-corrected chi connectivity index (χ3v) is 0.689. The van der Waals surface area contributed by atoms with Gasteiger partial charge in [0.25, 0.3) is 0 Å². The van der Waals surface area contributed by atoms with Gasteiger partial charge in [-0.05, 0) is 0 Å². The van der Waals surface area contributed by atoms with Gasteiger partial charge in [0.2, 0.25) is 11.9 Å². The van der Waals surface area contributed by atoms with Gasteiger partial charge in [-0.3, -0.25) is 0 Å². The van der Waals surface area contributed by atoms with E-state index in [0.717, 1.165) is 0 Å². The Bertz CT molecular complexity index is 225. The van der Waals surface area contributed by atoms with Gasteiger partial charge < -0.3 is 22.9 Å². The second-order valence-electron chi connectivity index (χ2n) is 1.83. The minimum atomic E-state index is -0.127. The van der Waals surface area contributed by atoms with Gasteiger partial charge in [-0.15, -0.1) is 10.2 Å². The highest BCUT2D eigenvalue weighted by Gasteiger charge is 1.74. The molecule has 0 bridgehead atoms. The topological polar surface area (TPSA) is 178 Å². The first-order chi connectivity index (χ1) is 6.63. The van der Waals surface area contributed by atoms with Crippen LogP contribution in [0, 0.1) is 0 Å². The van der Waals surface area contributed by atoms with Crippen molar-refractivity contribution >= 4 is 24.3 Å². The first kappa shape index (κ1) is 11.5. The number of nitrogens with zero attached hydrogens (tertiary/aromatic N) is 4. The zero-order chi connectivity index (χ0) is 10.8. The van der Waals surface area contributed by atoms with Crippen molar-refractivity contribution in [3.63, 3.8) is 0 Å². The lowest BCUT2D eigenvalue weighted by atomic mass is 10.8. The van der Waals surface area contributed by atoms with Crippen LogP contribution in [0.25, 0.3) is 0 Å². The van der Waals surface area contributed by atoms with Crippen molar-refractivity contribution in [3.05, 3.63) is 0 Å². The van der Waals surface area contributed by atoms with Crippen LogP contribution in [-0.2, 0) is 0 Å². The molecular weight excluding hydrogens is 188 g/mol. The molecule has 0 saturated heterocycles. The van der Waals surface area contributed by atoms with Gasteiger partial charge in [0.1, 0.15) is 0 Å². The number of nitrogens with one attached hydrogen (secondary N) is 2. The molecule has 0 aliphatic carbocycles. The fourth-order valence-corrected chi connectivity index (χ4v) is 0.307. The van der Waals surface area contributed by atoms with Crippen molar-refractivity contribution < 1.29 is 0 Å². The van der Waals surface area contributed by atoms with Crippen molar-refractivity contribution in [2.45, 2.75) is 0 Å². The summed E-state index contributed by atoms with van der Waals surface area (Å²) in [6, 6.07) is 0. The van der Waals surface area contributed by atoms with Crippen molar-refractivity contribution in [2.24, 2.45) is 43.3 Å². The van der Waals surface area contributed by atoms with E-state index in [1.807, 2.05) is 0 Å². The second-order valence-corrected chi connectivity index (χ2v) is 1.83. The first-order valence-corrected chi connectivity index (χ1v) is 3.35. The molecule has 0 aromatic carbocycles. The van der Waals surface area contributed by atoms with Crippen LogP contribution in [0.15, 0.2) is 20.4 Å². The molecule has 0 aromatic rings. The van der Waals surface area contributed by atoms with Crippen LogP contribution in [0.1, 0.15) is 0 Å². The SMILES string of the molecule is NC(N)=NNN=CC=NNN=C(N)N. The minimum absolute atomic E-state index is 0.127. The van der Waals surface area contributed by atoms with E-state index in [0.29, 0.717) is 0 Å². The third-order valence-electron chi connectivity index (χ3n) is 0.689. The fourth-order valence-electron chi connectivity index (χ4n) is 0.307. The molecule has 0 aromatic heterocycles. The zero-order valence-electron chi connectivity index (χ0n) is 7.25. The van der Waals surface area contributed by atoms with Crippen LogP contribution in [-0.4, -0.2) is 24.3 Å². The normalized spacial score (nSPS) is 10.0. The molecule has 0 aliphatic heterocycles. The Balaban J connectivity index is 3.61. The molecule has 10 nitrogen and oxygen atoms in total. The molecule has 0 fully saturated rings. The number of hydrogen-bond acceptors (Lipinski definition) is 6. The van der Waals surface area contributed by atoms with Gasteiger partial charge in [-0.2, -0.15) is 21.3 Å². The van der Waals surface area contributed by atoms with Crippen LogP contribution in [0.2, 0.25) is 0 Å². The van der Waals surface area contributed by atoms with Crippen molar-refractivity contribution in [1.82, 2.24) is 11.1 Å². The van der Waals surface area contributed by atoms with E-state index in [1.54, 1.807) is 0 Å². The molecule has 0 atom stereocenters. The van der Waals surface area contributed by atoms with E-state index in [4.69, 9.17) is 22.9 Å². The quantitative estimate of drug-likeness (QED) is 0.152. The molecule has 10 heteroatoms. The molecule has 0 rings (SSSR count). The van der Waals surface area contributed by atoms with E-state index in [2.05, 4.69) is 31.5 Å². The Morgan fingerprint density at radius 3 is 1.43 bits per heavy atom. The standard InChI is InChI=1S/C4H12N10/c5-3(6)11-13-9-1-2-10-14-12-4(7)8/h1-2,13-14H,(H4,5,6,11)(H4,7,8,12). The summed E-state index contributed by atoms with van der Waals surface area (Å²) in [4.78, 5) is 0. The van der Waals surface area contributed by atoms with Crippen molar-refractivity contribution in [1.29, 1.82) is 0 Å². The van der Waals surface area contributed by atoms with Crippen LogP contribution >= 0.6 is 0 Å². The van der Waals surface area contributed by atoms with E-state index < -0.39 is 0 Å². The lowest BCUT2D eigenvalue weighted by Crippen LogP contribution is -2.25. The summed E-state index contributed by atoms with van der Waals surface area (Å²) in [6.07, 6.45) is 2.56. The van der Waals surface area contributed by atoms with Crippen LogP contribution < -0.4 is 34.0 Å². The highest BCUT2D eigenvalue weighted by molar-refractivity contribution is 6.15. The van der Waals surface area contributed by atoms with E-state index in [-0.39, 0.29) is 11.9 Å². The van der Waals surface area contributed by atoms with E-state index in [1.165, 1.54) is 12.4 Å². The van der Waals surface area contributed by atoms with Gasteiger partial charge in [0.15, 0.2) is 0 Å². The smallest absolute Gasteiger partial charge is 0.210 e. The molecule has 0 amide bonds. The molecule has 10 N–H and O–H groups in total. The molecule has 0 spiro atoms. The minimum Gasteiger partial charge on any atom is -0.369 e. The number of hydrazone groups is 4. The number of rotatable bonds is 5. The Hall–Kier alpha value is -2.52. The molecule has 0 radical (unpaired) electrons. The maximum atomic E-state index is 4.99. The Labute approximate surface area is 79.8 Å². The predicted octanol–water partition coefficient (Wildman–Crippen LogP) is -3.49. The monoisotopic (exact) mass is 200 g/mol. The number of guanidine groups is 2. The summed E-state index contributed by atoms with van der Waals surface area (Å²) in [5.41, 5.74) is 24.3. The van der Waals surface area contributed by atoms with Crippen LogP contribution in [0.4, 0.5) is 0 Å². The van der Waals surface area contributed by atoms with Crippen molar-refractivity contribution in [3.8, 4) is 0 Å². The van der Waals surface area contributed by atoms with Gasteiger partial charge >= 0.3 is 0 Å². The van der Waals surface area contributed by atoms with E-state index >= 15 is 0 Å². The molecule has 0 unspecified atom stereocenters. The fraction of sp³-hybridized carbons (Fsp3) is 0. The lowest BCUT2D eigenvalue weighted by molar-refractivity contribution is 0.803. The Kier molecular flexibility index (Phi) is 5.86. The highest BCUT2D eigenvalue weighted by Crippen LogP contribution is 1.59. The van der Waals surface area contributed by atoms with Crippen LogP contribution in [0.3, 0.4) is 0 Å². The second kappa shape index (κ2) is 7.15. The van der Waals surface area contributed by atoms with Gasteiger partial charge in [-0.1, -0.05) is 0 Å². The van der Waals surface area contributed by atoms with Crippen molar-refractivity contribution in [2.75, 3.05) is 0 Å². The summed E-state index contributed by atoms with van der Waals surface area (Å²) in [5.74, 6) is -0.254. The Morgan fingerprint density at radius 1 is 0.786 bits per heavy atom. The highest BCUT2D eigenvalue weighted by atomic mass is 15.5. The molecule has 0 aliphatic rings. The average molecular weight is 200 g/mol. The summed E-state index contributed by atoms with van der Waals surface area (Å²) in [6.45, 7) is 0. The van der Waals surface area contributed by atoms with Gasteiger partial charge in [0.05, 0.1) is 12.4 Å². The molecule has 78 valence electrons. The largest absolute Gasteiger partial charge is 0.369 e. The lowest BCUT2D eigenvalue weighted by Gasteiger charge is -1.89. The summed E-state index contributed by atoms with van der Waals surface area (Å²) < 4.78 is 0. The molecule has 0 saturated carbocycles. The maximum Gasteiger partial charge on any atom is 0.210 e. The molecule has 14 heavy (non-hydrogen) atoms. The molecular formula is C4H12N10. The van der Waals surface area contributed by atoms with Crippen LogP contribution in [0.5, 0.6) is 0 Å². The maximum absolute atomic E-state index is 4.99. The summed E-state index contributed by atoms with van der Waals surface area (Å²) >= 11 is 0. The summed E-state index contributed by atoms with van der Waals surface area (Å²) in [7, 11) is 0. The predicted molar refractivity (Wildman–Crippen MR) is 54.9 cm³/mol. The first-order valence-electron chi connectivity index (χ1n) is 3.35. The Morgan fingerprint density at radius 2 is 1.14 bits per heavy atom.